The highest BCUT2D eigenvalue weighted by molar-refractivity contribution is 5.80. The summed E-state index contributed by atoms with van der Waals surface area (Å²) >= 11 is 0. The molecule has 146 valence electrons. The molecule has 3 heterocycles. The number of aliphatic hydroxyl groups is 1. The maximum Gasteiger partial charge on any atom is 0.166 e. The Labute approximate surface area is 168 Å². The number of piperidine rings is 1. The molecule has 1 spiro atoms. The first kappa shape index (κ1) is 16.2. The van der Waals surface area contributed by atoms with Crippen molar-refractivity contribution in [3.8, 4) is 11.5 Å². The minimum absolute atomic E-state index is 0.0185. The van der Waals surface area contributed by atoms with Crippen LogP contribution in [0.1, 0.15) is 34.9 Å². The van der Waals surface area contributed by atoms with Crippen molar-refractivity contribution in [3.05, 3.63) is 64.8 Å². The van der Waals surface area contributed by atoms with E-state index in [0.717, 1.165) is 47.1 Å². The fourth-order valence-electron chi connectivity index (χ4n) is 6.76. The van der Waals surface area contributed by atoms with Gasteiger partial charge in [-0.25, -0.2) is 4.98 Å². The largest absolute Gasteiger partial charge is 0.504 e. The molecule has 0 saturated carbocycles. The lowest BCUT2D eigenvalue weighted by atomic mass is 9.49. The molecule has 2 bridgehead atoms. The molecular weight excluding hydrogens is 364 g/mol. The second-order valence-electron chi connectivity index (χ2n) is 9.19. The van der Waals surface area contributed by atoms with Gasteiger partial charge in [-0.15, -0.1) is 0 Å². The van der Waals surface area contributed by atoms with Crippen molar-refractivity contribution in [2.45, 2.75) is 42.4 Å². The molecule has 2 aliphatic heterocycles. The lowest BCUT2D eigenvalue weighted by Crippen LogP contribution is -2.74. The summed E-state index contributed by atoms with van der Waals surface area (Å²) in [4.78, 5) is 7.32. The molecule has 1 saturated heterocycles. The van der Waals surface area contributed by atoms with Gasteiger partial charge < -0.3 is 19.8 Å². The standard InChI is InChI=1S/C24H22N2O3/c1-26-9-8-23-19-14-6-7-17(27)21(19)29-22(23)20-15(12-24(23,28)18(26)11-14)10-13-4-2-3-5-16(13)25-20/h2-7,10,18,22,27-28H,8-9,11-12H2,1H3/t18-,22-,23-,24+/m0/s1. The van der Waals surface area contributed by atoms with E-state index in [4.69, 9.17) is 9.72 Å². The number of aromatic nitrogens is 1. The lowest BCUT2D eigenvalue weighted by Gasteiger charge is -2.62. The average Bonchev–Trinajstić information content (AvgIpc) is 3.07. The van der Waals surface area contributed by atoms with Crippen molar-refractivity contribution in [3.63, 3.8) is 0 Å². The Balaban J connectivity index is 1.59. The Bertz CT molecular complexity index is 1220. The van der Waals surface area contributed by atoms with Gasteiger partial charge in [0.1, 0.15) is 0 Å². The van der Waals surface area contributed by atoms with Crippen molar-refractivity contribution < 1.29 is 14.9 Å². The number of likely N-dealkylation sites (N-methyl/N-ethyl adjacent to an activating group) is 1. The van der Waals surface area contributed by atoms with Gasteiger partial charge in [0, 0.05) is 23.4 Å². The van der Waals surface area contributed by atoms with Gasteiger partial charge in [0.25, 0.3) is 0 Å². The van der Waals surface area contributed by atoms with Crippen LogP contribution in [0.4, 0.5) is 0 Å². The van der Waals surface area contributed by atoms with Crippen LogP contribution in [-0.2, 0) is 18.3 Å². The highest BCUT2D eigenvalue weighted by atomic mass is 16.5. The van der Waals surface area contributed by atoms with E-state index < -0.39 is 11.0 Å². The maximum absolute atomic E-state index is 12.4. The van der Waals surface area contributed by atoms with E-state index in [-0.39, 0.29) is 17.9 Å². The molecular formula is C24H22N2O3. The molecule has 1 fully saturated rings. The van der Waals surface area contributed by atoms with E-state index in [9.17, 15) is 10.2 Å². The Morgan fingerprint density at radius 2 is 2.03 bits per heavy atom. The molecule has 0 amide bonds. The quantitative estimate of drug-likeness (QED) is 0.622. The first-order valence-corrected chi connectivity index (χ1v) is 10.4. The number of likely N-dealkylation sites (tertiary alicyclic amines) is 1. The van der Waals surface area contributed by atoms with E-state index >= 15 is 0 Å². The van der Waals surface area contributed by atoms with E-state index in [1.807, 2.05) is 24.3 Å². The Hall–Kier alpha value is -2.63. The second-order valence-corrected chi connectivity index (χ2v) is 9.19. The maximum atomic E-state index is 12.4. The SMILES string of the molecule is CN1CC[C@]23c4c5ccc(O)c4O[C@H]2c2nc4ccccc4cc2C[C@@]3(O)[C@@H]1C5. The number of pyridine rings is 1. The fraction of sp³-hybridized carbons (Fsp3) is 0.375. The van der Waals surface area contributed by atoms with Crippen LogP contribution in [0.3, 0.4) is 0 Å². The number of benzene rings is 2. The van der Waals surface area contributed by atoms with Crippen LogP contribution in [0.25, 0.3) is 10.9 Å². The summed E-state index contributed by atoms with van der Waals surface area (Å²) in [5.41, 5.74) is 3.61. The number of para-hydroxylation sites is 1. The molecule has 0 unspecified atom stereocenters. The lowest BCUT2D eigenvalue weighted by molar-refractivity contribution is -0.167. The molecule has 7 rings (SSSR count). The molecule has 5 heteroatoms. The number of rotatable bonds is 0. The predicted octanol–water partition coefficient (Wildman–Crippen LogP) is 2.86. The summed E-state index contributed by atoms with van der Waals surface area (Å²) in [5, 5.41) is 24.1. The van der Waals surface area contributed by atoms with Gasteiger partial charge in [-0.1, -0.05) is 24.3 Å². The van der Waals surface area contributed by atoms with Crippen molar-refractivity contribution in [1.29, 1.82) is 0 Å². The van der Waals surface area contributed by atoms with Gasteiger partial charge in [-0.3, -0.25) is 0 Å². The molecule has 3 aromatic rings. The minimum Gasteiger partial charge on any atom is -0.504 e. The summed E-state index contributed by atoms with van der Waals surface area (Å²) in [6.07, 6.45) is 1.74. The number of ether oxygens (including phenoxy) is 1. The zero-order chi connectivity index (χ0) is 19.5. The third-order valence-corrected chi connectivity index (χ3v) is 8.03. The number of phenolic OH excluding ortho intramolecular Hbond substituents is 1. The van der Waals surface area contributed by atoms with Crippen LogP contribution in [0, 0.1) is 0 Å². The molecule has 0 radical (unpaired) electrons. The van der Waals surface area contributed by atoms with Crippen molar-refractivity contribution >= 4 is 10.9 Å². The molecule has 5 nitrogen and oxygen atoms in total. The first-order valence-electron chi connectivity index (χ1n) is 10.4. The van der Waals surface area contributed by atoms with Crippen LogP contribution >= 0.6 is 0 Å². The Morgan fingerprint density at radius 1 is 1.17 bits per heavy atom. The van der Waals surface area contributed by atoms with Crippen LogP contribution in [-0.4, -0.2) is 45.3 Å². The van der Waals surface area contributed by atoms with Gasteiger partial charge in [-0.2, -0.15) is 0 Å². The van der Waals surface area contributed by atoms with Crippen LogP contribution in [0.2, 0.25) is 0 Å². The van der Waals surface area contributed by atoms with Crippen molar-refractivity contribution in [2.24, 2.45) is 0 Å². The Morgan fingerprint density at radius 3 is 2.93 bits per heavy atom. The van der Waals surface area contributed by atoms with Gasteiger partial charge in [0.15, 0.2) is 17.6 Å². The molecule has 4 aliphatic rings. The summed E-state index contributed by atoms with van der Waals surface area (Å²) in [6, 6.07) is 14.0. The first-order chi connectivity index (χ1) is 14.0. The second kappa shape index (κ2) is 4.91. The van der Waals surface area contributed by atoms with E-state index in [2.05, 4.69) is 24.1 Å². The predicted molar refractivity (Wildman–Crippen MR) is 108 cm³/mol. The smallest absolute Gasteiger partial charge is 0.166 e. The fourth-order valence-corrected chi connectivity index (χ4v) is 6.76. The summed E-state index contributed by atoms with van der Waals surface area (Å²) in [7, 11) is 2.11. The highest BCUT2D eigenvalue weighted by Gasteiger charge is 2.72. The normalized spacial score (nSPS) is 33.9. The summed E-state index contributed by atoms with van der Waals surface area (Å²) in [6.45, 7) is 0.893. The van der Waals surface area contributed by atoms with E-state index in [0.29, 0.717) is 12.2 Å². The van der Waals surface area contributed by atoms with Crippen molar-refractivity contribution in [1.82, 2.24) is 9.88 Å². The summed E-state index contributed by atoms with van der Waals surface area (Å²) in [5.74, 6) is 0.714. The molecule has 2 aliphatic carbocycles. The molecule has 1 aromatic heterocycles. The van der Waals surface area contributed by atoms with Crippen LogP contribution in [0.15, 0.2) is 42.5 Å². The third-order valence-electron chi connectivity index (χ3n) is 8.03. The topological polar surface area (TPSA) is 65.8 Å². The number of aromatic hydroxyl groups is 1. The summed E-state index contributed by atoms with van der Waals surface area (Å²) < 4.78 is 6.49. The van der Waals surface area contributed by atoms with Crippen molar-refractivity contribution in [2.75, 3.05) is 13.6 Å². The molecule has 4 atom stereocenters. The van der Waals surface area contributed by atoms with Gasteiger partial charge in [-0.05, 0) is 55.8 Å². The van der Waals surface area contributed by atoms with Gasteiger partial charge in [0.2, 0.25) is 0 Å². The number of fused-ring (bicyclic) bond motifs is 3. The van der Waals surface area contributed by atoms with E-state index in [1.165, 1.54) is 5.56 Å². The molecule has 2 aromatic carbocycles. The van der Waals surface area contributed by atoms with Crippen LogP contribution < -0.4 is 4.74 Å². The average molecular weight is 386 g/mol. The number of hydrogen-bond acceptors (Lipinski definition) is 5. The van der Waals surface area contributed by atoms with E-state index in [1.54, 1.807) is 6.07 Å². The molecule has 2 N–H and O–H groups in total. The number of nitrogens with zero attached hydrogens (tertiary/aromatic N) is 2. The minimum atomic E-state index is -0.951. The van der Waals surface area contributed by atoms with Gasteiger partial charge >= 0.3 is 0 Å². The zero-order valence-corrected chi connectivity index (χ0v) is 16.2. The number of phenols is 1. The van der Waals surface area contributed by atoms with Crippen LogP contribution in [0.5, 0.6) is 11.5 Å². The highest BCUT2D eigenvalue weighted by Crippen LogP contribution is 2.68. The zero-order valence-electron chi connectivity index (χ0n) is 16.2. The monoisotopic (exact) mass is 386 g/mol. The number of hydrogen-bond donors (Lipinski definition) is 2. The van der Waals surface area contributed by atoms with Gasteiger partial charge in [0.05, 0.1) is 22.2 Å². The Kier molecular flexibility index (Phi) is 2.75. The third kappa shape index (κ3) is 1.66. The molecule has 29 heavy (non-hydrogen) atoms.